The summed E-state index contributed by atoms with van der Waals surface area (Å²) in [7, 11) is -2.11. The lowest BCUT2D eigenvalue weighted by Crippen LogP contribution is -2.48. The molecule has 1 amide bonds. The third-order valence-electron chi connectivity index (χ3n) is 7.13. The lowest BCUT2D eigenvalue weighted by molar-refractivity contribution is -0.118. The number of carbonyl (C=O) groups excluding carboxylic acids is 1. The molecule has 0 spiro atoms. The molecule has 1 unspecified atom stereocenters. The minimum atomic E-state index is -2.11. The van der Waals surface area contributed by atoms with Crippen molar-refractivity contribution in [1.82, 2.24) is 19.5 Å². The first-order chi connectivity index (χ1) is 15.2. The highest BCUT2D eigenvalue weighted by molar-refractivity contribution is 6.74. The number of nitrogens with one attached hydrogen (secondary N) is 2. The first-order valence-electron chi connectivity index (χ1n) is 11.6. The molecule has 0 aromatic carbocycles. The van der Waals surface area contributed by atoms with Crippen LogP contribution in [0.2, 0.25) is 18.1 Å². The van der Waals surface area contributed by atoms with Gasteiger partial charge in [0.1, 0.15) is 12.3 Å². The van der Waals surface area contributed by atoms with Crippen molar-refractivity contribution in [1.29, 1.82) is 0 Å². The van der Waals surface area contributed by atoms with E-state index in [1.165, 1.54) is 6.33 Å². The first-order valence-corrected chi connectivity index (χ1v) is 14.5. The predicted molar refractivity (Wildman–Crippen MR) is 126 cm³/mol. The Hall–Kier alpha value is -2.08. The third kappa shape index (κ3) is 4.51. The molecule has 1 saturated carbocycles. The predicted octanol–water partition coefficient (Wildman–Crippen LogP) is 2.92. The molecule has 2 aliphatic rings. The van der Waals surface area contributed by atoms with Crippen LogP contribution in [0, 0.1) is 5.92 Å². The highest BCUT2D eigenvalue weighted by Gasteiger charge is 2.58. The molecule has 10 nitrogen and oxygen atoms in total. The van der Waals surface area contributed by atoms with Crippen LogP contribution in [0.5, 0.6) is 0 Å². The van der Waals surface area contributed by atoms with Gasteiger partial charge in [-0.15, -0.1) is 0 Å². The van der Waals surface area contributed by atoms with Gasteiger partial charge in [0.2, 0.25) is 11.9 Å². The van der Waals surface area contributed by atoms with Crippen molar-refractivity contribution in [2.45, 2.75) is 96.1 Å². The fourth-order valence-corrected chi connectivity index (χ4v) is 5.15. The van der Waals surface area contributed by atoms with Crippen molar-refractivity contribution < 1.29 is 19.1 Å². The van der Waals surface area contributed by atoms with Crippen LogP contribution in [0.15, 0.2) is 11.1 Å². The van der Waals surface area contributed by atoms with Crippen LogP contribution in [0.3, 0.4) is 0 Å². The monoisotopic (exact) mass is 477 g/mol. The van der Waals surface area contributed by atoms with Gasteiger partial charge in [-0.3, -0.25) is 24.5 Å². The number of imidazole rings is 1. The molecule has 3 heterocycles. The zero-order valence-corrected chi connectivity index (χ0v) is 21.4. The van der Waals surface area contributed by atoms with Crippen LogP contribution in [0.1, 0.15) is 60.1 Å². The lowest BCUT2D eigenvalue weighted by Gasteiger charge is -2.40. The molecule has 182 valence electrons. The summed E-state index contributed by atoms with van der Waals surface area (Å²) in [6.07, 6.45) is 2.15. The van der Waals surface area contributed by atoms with Gasteiger partial charge in [0.15, 0.2) is 19.5 Å². The van der Waals surface area contributed by atoms with Gasteiger partial charge in [-0.05, 0) is 31.0 Å². The van der Waals surface area contributed by atoms with E-state index in [1.807, 2.05) is 0 Å². The van der Waals surface area contributed by atoms with Crippen molar-refractivity contribution in [3.8, 4) is 0 Å². The summed E-state index contributed by atoms with van der Waals surface area (Å²) < 4.78 is 14.7. The maximum atomic E-state index is 12.6. The molecule has 1 saturated heterocycles. The van der Waals surface area contributed by atoms with E-state index in [4.69, 9.17) is 9.16 Å². The number of carbonyl (C=O) groups is 1. The Morgan fingerprint density at radius 1 is 1.39 bits per heavy atom. The van der Waals surface area contributed by atoms with Gasteiger partial charge in [-0.1, -0.05) is 34.6 Å². The Morgan fingerprint density at radius 2 is 2.06 bits per heavy atom. The van der Waals surface area contributed by atoms with E-state index in [1.54, 1.807) is 18.4 Å². The van der Waals surface area contributed by atoms with Crippen molar-refractivity contribution in [2.75, 3.05) is 5.32 Å². The number of aromatic nitrogens is 4. The Morgan fingerprint density at radius 3 is 2.64 bits per heavy atom. The first kappa shape index (κ1) is 24.1. The smallest absolute Gasteiger partial charge is 0.280 e. The Kier molecular flexibility index (Phi) is 5.83. The number of hydrogen-bond acceptors (Lipinski definition) is 7. The molecule has 4 rings (SSSR count). The zero-order chi connectivity index (χ0) is 24.3. The topological polar surface area (TPSA) is 131 Å². The summed E-state index contributed by atoms with van der Waals surface area (Å²) in [6, 6.07) is 0. The average molecular weight is 478 g/mol. The number of H-pyrrole nitrogens is 1. The van der Waals surface area contributed by atoms with Crippen molar-refractivity contribution in [3.05, 3.63) is 16.7 Å². The number of fused-ring (bicyclic) bond motifs is 1. The van der Waals surface area contributed by atoms with Gasteiger partial charge >= 0.3 is 0 Å². The summed E-state index contributed by atoms with van der Waals surface area (Å²) in [4.78, 5) is 35.9. The van der Waals surface area contributed by atoms with Gasteiger partial charge in [0, 0.05) is 12.3 Å². The number of rotatable bonds is 6. The minimum Gasteiger partial charge on any atom is -0.411 e. The van der Waals surface area contributed by atoms with E-state index < -0.39 is 31.8 Å². The maximum absolute atomic E-state index is 12.6. The van der Waals surface area contributed by atoms with E-state index >= 15 is 0 Å². The molecule has 11 heteroatoms. The summed E-state index contributed by atoms with van der Waals surface area (Å²) in [5.41, 5.74) is -0.851. The molecule has 0 radical (unpaired) electrons. The zero-order valence-electron chi connectivity index (χ0n) is 20.4. The van der Waals surface area contributed by atoms with Crippen molar-refractivity contribution in [2.24, 2.45) is 5.92 Å². The number of ether oxygens (including phenoxy) is 1. The van der Waals surface area contributed by atoms with Crippen LogP contribution in [-0.4, -0.2) is 56.7 Å². The minimum absolute atomic E-state index is 0.0158. The lowest BCUT2D eigenvalue weighted by atomic mass is 10.1. The molecular weight excluding hydrogens is 442 g/mol. The fraction of sp³-hybridized carbons (Fsp3) is 0.727. The highest BCUT2D eigenvalue weighted by atomic mass is 28.4. The van der Waals surface area contributed by atoms with Crippen LogP contribution in [-0.2, 0) is 14.0 Å². The molecule has 1 aliphatic heterocycles. The SMILES string of the molecule is CC(C)C(=O)Nc1nc2c(ncn2[C@H]2CC(O[Si](C)(C)C(C)(C)C)[C@@H](C3(O)CC3)O2)c(=O)[nH]1. The van der Waals surface area contributed by atoms with Crippen molar-refractivity contribution in [3.63, 3.8) is 0 Å². The van der Waals surface area contributed by atoms with Gasteiger partial charge in [0.25, 0.3) is 5.56 Å². The average Bonchev–Trinajstić information content (AvgIpc) is 3.10. The number of amides is 1. The number of nitrogens with zero attached hydrogens (tertiary/aromatic N) is 3. The van der Waals surface area contributed by atoms with Crippen LogP contribution in [0.25, 0.3) is 11.2 Å². The second-order valence-corrected chi connectivity index (χ2v) is 15.9. The molecule has 33 heavy (non-hydrogen) atoms. The summed E-state index contributed by atoms with van der Waals surface area (Å²) in [5.74, 6) is -0.445. The molecule has 3 atom stereocenters. The van der Waals surface area contributed by atoms with Gasteiger partial charge in [-0.25, -0.2) is 4.98 Å². The normalized spacial score (nSPS) is 25.1. The number of aliphatic hydroxyl groups is 1. The van der Waals surface area contributed by atoms with E-state index in [2.05, 4.69) is 54.1 Å². The van der Waals surface area contributed by atoms with E-state index in [-0.39, 0.29) is 34.4 Å². The summed E-state index contributed by atoms with van der Waals surface area (Å²) >= 11 is 0. The number of anilines is 1. The van der Waals surface area contributed by atoms with E-state index in [0.717, 1.165) is 0 Å². The Balaban J connectivity index is 1.66. The third-order valence-corrected chi connectivity index (χ3v) is 11.6. The fourth-order valence-electron chi connectivity index (χ4n) is 3.82. The van der Waals surface area contributed by atoms with Crippen LogP contribution in [0.4, 0.5) is 5.95 Å². The highest BCUT2D eigenvalue weighted by Crippen LogP contribution is 2.50. The quantitative estimate of drug-likeness (QED) is 0.545. The molecule has 3 N–H and O–H groups in total. The van der Waals surface area contributed by atoms with Gasteiger partial charge in [-0.2, -0.15) is 4.98 Å². The molecular formula is C22H35N5O5Si. The molecule has 0 bridgehead atoms. The van der Waals surface area contributed by atoms with E-state index in [9.17, 15) is 14.7 Å². The largest absolute Gasteiger partial charge is 0.411 e. The van der Waals surface area contributed by atoms with Crippen molar-refractivity contribution >= 4 is 31.3 Å². The Bertz CT molecular complexity index is 1110. The molecule has 2 aromatic heterocycles. The van der Waals surface area contributed by atoms with Crippen LogP contribution < -0.4 is 10.9 Å². The molecule has 2 fully saturated rings. The van der Waals surface area contributed by atoms with Crippen LogP contribution >= 0.6 is 0 Å². The molecule has 2 aromatic rings. The number of aromatic amines is 1. The van der Waals surface area contributed by atoms with E-state index in [0.29, 0.717) is 24.9 Å². The standard InChI is InChI=1S/C22H35N5O5Si/c1-12(2)18(28)25-20-24-17-15(19(29)26-20)23-11-27(17)14-10-13(16(31-14)22(30)8-9-22)32-33(6,7)21(3,4)5/h11-14,16,30H,8-10H2,1-7H3,(H2,24,25,26,28,29)/t13?,14-,16+/m1/s1. The second kappa shape index (κ2) is 8.00. The van der Waals surface area contributed by atoms with Gasteiger partial charge < -0.3 is 14.3 Å². The second-order valence-electron chi connectivity index (χ2n) is 11.1. The number of hydrogen-bond donors (Lipinski definition) is 3. The summed E-state index contributed by atoms with van der Waals surface area (Å²) in [5, 5.41) is 13.6. The van der Waals surface area contributed by atoms with Gasteiger partial charge in [0.05, 0.1) is 18.0 Å². The Labute approximate surface area is 194 Å². The summed E-state index contributed by atoms with van der Waals surface area (Å²) in [6.45, 7) is 14.4. The maximum Gasteiger partial charge on any atom is 0.280 e. The molecule has 1 aliphatic carbocycles.